The van der Waals surface area contributed by atoms with Crippen molar-refractivity contribution in [1.82, 2.24) is 10.1 Å². The van der Waals surface area contributed by atoms with Crippen molar-refractivity contribution in [2.75, 3.05) is 0 Å². The van der Waals surface area contributed by atoms with Gasteiger partial charge in [0.2, 0.25) is 5.89 Å². The summed E-state index contributed by atoms with van der Waals surface area (Å²) in [6.45, 7) is 5.46. The van der Waals surface area contributed by atoms with Gasteiger partial charge >= 0.3 is 5.97 Å². The number of nitrogens with zero attached hydrogens (tertiary/aromatic N) is 2. The maximum Gasteiger partial charge on any atom is 0.303 e. The van der Waals surface area contributed by atoms with Crippen molar-refractivity contribution in [1.29, 1.82) is 0 Å². The van der Waals surface area contributed by atoms with Gasteiger partial charge in [0.25, 0.3) is 0 Å². The number of aryl methyl sites for hydroxylation is 1. The molecule has 0 bridgehead atoms. The normalized spacial score (nSPS) is 11.6. The molecule has 0 atom stereocenters. The number of aromatic nitrogens is 2. The molecule has 0 aliphatic heterocycles. The molecule has 0 fully saturated rings. The molecule has 1 aromatic rings. The Morgan fingerprint density at radius 1 is 1.57 bits per heavy atom. The summed E-state index contributed by atoms with van der Waals surface area (Å²) >= 11 is 0. The SMILES string of the molecule is Cc1noc(CC(C)(C)CC(=O)O)n1. The van der Waals surface area contributed by atoms with E-state index in [4.69, 9.17) is 9.63 Å². The van der Waals surface area contributed by atoms with E-state index in [0.717, 1.165) is 0 Å². The fourth-order valence-electron chi connectivity index (χ4n) is 1.29. The lowest BCUT2D eigenvalue weighted by Crippen LogP contribution is -2.19. The maximum atomic E-state index is 10.5. The van der Waals surface area contributed by atoms with Crippen molar-refractivity contribution >= 4 is 5.97 Å². The minimum Gasteiger partial charge on any atom is -0.481 e. The highest BCUT2D eigenvalue weighted by molar-refractivity contribution is 5.67. The summed E-state index contributed by atoms with van der Waals surface area (Å²) in [5, 5.41) is 12.3. The van der Waals surface area contributed by atoms with Crippen molar-refractivity contribution in [2.45, 2.75) is 33.6 Å². The molecule has 78 valence electrons. The van der Waals surface area contributed by atoms with E-state index in [9.17, 15) is 4.79 Å². The lowest BCUT2D eigenvalue weighted by Gasteiger charge is -2.19. The zero-order valence-corrected chi connectivity index (χ0v) is 8.57. The number of carboxylic acids is 1. The number of carbonyl (C=O) groups is 1. The first-order chi connectivity index (χ1) is 6.39. The number of aliphatic carboxylic acids is 1. The van der Waals surface area contributed by atoms with E-state index in [1.165, 1.54) is 0 Å². The summed E-state index contributed by atoms with van der Waals surface area (Å²) in [5.74, 6) is 0.256. The van der Waals surface area contributed by atoms with E-state index in [1.807, 2.05) is 13.8 Å². The summed E-state index contributed by atoms with van der Waals surface area (Å²) in [6.07, 6.45) is 0.578. The van der Waals surface area contributed by atoms with E-state index < -0.39 is 5.97 Å². The topological polar surface area (TPSA) is 76.2 Å². The zero-order chi connectivity index (χ0) is 10.8. The lowest BCUT2D eigenvalue weighted by molar-refractivity contribution is -0.139. The molecular weight excluding hydrogens is 184 g/mol. The summed E-state index contributed by atoms with van der Waals surface area (Å²) in [6, 6.07) is 0. The second-order valence-electron chi connectivity index (χ2n) is 4.15. The largest absolute Gasteiger partial charge is 0.481 e. The van der Waals surface area contributed by atoms with Crippen LogP contribution in [0.3, 0.4) is 0 Å². The number of hydrogen-bond acceptors (Lipinski definition) is 4. The fourth-order valence-corrected chi connectivity index (χ4v) is 1.29. The van der Waals surface area contributed by atoms with E-state index in [-0.39, 0.29) is 11.8 Å². The second-order valence-corrected chi connectivity index (χ2v) is 4.15. The summed E-state index contributed by atoms with van der Waals surface area (Å²) in [7, 11) is 0. The van der Waals surface area contributed by atoms with Gasteiger partial charge in [-0.15, -0.1) is 0 Å². The third-order valence-electron chi connectivity index (χ3n) is 1.83. The molecular formula is C9H14N2O3. The summed E-state index contributed by atoms with van der Waals surface area (Å²) < 4.78 is 4.93. The predicted molar refractivity (Wildman–Crippen MR) is 48.8 cm³/mol. The molecule has 0 saturated heterocycles. The molecule has 0 aliphatic carbocycles. The van der Waals surface area contributed by atoms with E-state index in [0.29, 0.717) is 18.1 Å². The van der Waals surface area contributed by atoms with Crippen LogP contribution in [0, 0.1) is 12.3 Å². The van der Waals surface area contributed by atoms with Gasteiger partial charge in [0.15, 0.2) is 5.82 Å². The molecule has 0 unspecified atom stereocenters. The minimum absolute atomic E-state index is 0.0917. The molecule has 1 aromatic heterocycles. The minimum atomic E-state index is -0.814. The van der Waals surface area contributed by atoms with Gasteiger partial charge in [0.05, 0.1) is 6.42 Å². The quantitative estimate of drug-likeness (QED) is 0.791. The Bertz CT molecular complexity index is 331. The first-order valence-electron chi connectivity index (χ1n) is 4.40. The molecule has 0 amide bonds. The third kappa shape index (κ3) is 3.16. The molecule has 0 aliphatic rings. The number of carboxylic acid groups (broad SMARTS) is 1. The number of rotatable bonds is 4. The van der Waals surface area contributed by atoms with Crippen molar-refractivity contribution in [2.24, 2.45) is 5.41 Å². The van der Waals surface area contributed by atoms with E-state index in [1.54, 1.807) is 6.92 Å². The molecule has 1 N–H and O–H groups in total. The molecule has 5 heteroatoms. The molecule has 1 heterocycles. The third-order valence-corrected chi connectivity index (χ3v) is 1.83. The van der Waals surface area contributed by atoms with Crippen LogP contribution in [0.1, 0.15) is 32.0 Å². The average molecular weight is 198 g/mol. The van der Waals surface area contributed by atoms with Gasteiger partial charge in [-0.1, -0.05) is 19.0 Å². The molecule has 0 radical (unpaired) electrons. The first kappa shape index (κ1) is 10.7. The van der Waals surface area contributed by atoms with Gasteiger partial charge in [-0.2, -0.15) is 4.98 Å². The Hall–Kier alpha value is -1.39. The Morgan fingerprint density at radius 2 is 2.21 bits per heavy atom. The van der Waals surface area contributed by atoms with Gasteiger partial charge in [-0.3, -0.25) is 4.79 Å². The van der Waals surface area contributed by atoms with Crippen molar-refractivity contribution in [3.63, 3.8) is 0 Å². The first-order valence-corrected chi connectivity index (χ1v) is 4.40. The Morgan fingerprint density at radius 3 is 2.64 bits per heavy atom. The highest BCUT2D eigenvalue weighted by Crippen LogP contribution is 2.24. The van der Waals surface area contributed by atoms with Gasteiger partial charge < -0.3 is 9.63 Å². The maximum absolute atomic E-state index is 10.5. The Balaban J connectivity index is 2.63. The van der Waals surface area contributed by atoms with E-state index >= 15 is 0 Å². The molecule has 0 aromatic carbocycles. The van der Waals surface area contributed by atoms with Crippen LogP contribution in [-0.4, -0.2) is 21.2 Å². The molecule has 14 heavy (non-hydrogen) atoms. The predicted octanol–water partition coefficient (Wildman–Crippen LogP) is 1.42. The van der Waals surface area contributed by atoms with Gasteiger partial charge in [0, 0.05) is 6.42 Å². The lowest BCUT2D eigenvalue weighted by atomic mass is 9.86. The van der Waals surface area contributed by atoms with Crippen molar-refractivity contribution < 1.29 is 14.4 Å². The summed E-state index contributed by atoms with van der Waals surface area (Å²) in [5.41, 5.74) is -0.356. The van der Waals surface area contributed by atoms with E-state index in [2.05, 4.69) is 10.1 Å². The van der Waals surface area contributed by atoms with Crippen LogP contribution < -0.4 is 0 Å². The Kier molecular flexibility index (Phi) is 2.88. The molecule has 1 rings (SSSR count). The smallest absolute Gasteiger partial charge is 0.303 e. The Labute approximate surface area is 82.1 Å². The summed E-state index contributed by atoms with van der Waals surface area (Å²) in [4.78, 5) is 14.6. The molecule has 0 spiro atoms. The van der Waals surface area contributed by atoms with Crippen molar-refractivity contribution in [3.8, 4) is 0 Å². The molecule has 5 nitrogen and oxygen atoms in total. The van der Waals surface area contributed by atoms with Crippen LogP contribution >= 0.6 is 0 Å². The highest BCUT2D eigenvalue weighted by atomic mass is 16.5. The standard InChI is InChI=1S/C9H14N2O3/c1-6-10-7(14-11-6)4-9(2,3)5-8(12)13/h4-5H2,1-3H3,(H,12,13). The highest BCUT2D eigenvalue weighted by Gasteiger charge is 2.24. The fraction of sp³-hybridized carbons (Fsp3) is 0.667. The van der Waals surface area contributed by atoms with Crippen molar-refractivity contribution in [3.05, 3.63) is 11.7 Å². The van der Waals surface area contributed by atoms with Crippen LogP contribution in [0.5, 0.6) is 0 Å². The second kappa shape index (κ2) is 3.77. The number of hydrogen-bond donors (Lipinski definition) is 1. The van der Waals surface area contributed by atoms with Crippen LogP contribution in [0.4, 0.5) is 0 Å². The monoisotopic (exact) mass is 198 g/mol. The van der Waals surface area contributed by atoms with Gasteiger partial charge in [-0.25, -0.2) is 0 Å². The van der Waals surface area contributed by atoms with Crippen LogP contribution in [-0.2, 0) is 11.2 Å². The van der Waals surface area contributed by atoms with Crippen LogP contribution in [0.15, 0.2) is 4.52 Å². The molecule has 0 saturated carbocycles. The average Bonchev–Trinajstić information content (AvgIpc) is 2.30. The zero-order valence-electron chi connectivity index (χ0n) is 8.57. The van der Waals surface area contributed by atoms with Crippen LogP contribution in [0.2, 0.25) is 0 Å². The van der Waals surface area contributed by atoms with Crippen LogP contribution in [0.25, 0.3) is 0 Å². The van der Waals surface area contributed by atoms with Gasteiger partial charge in [0.1, 0.15) is 0 Å². The van der Waals surface area contributed by atoms with Gasteiger partial charge in [-0.05, 0) is 12.3 Å².